The molecule has 1 amide bonds. The van der Waals surface area contributed by atoms with Gasteiger partial charge in [-0.2, -0.15) is 5.10 Å². The molecule has 1 atom stereocenters. The fraction of sp³-hybridized carbons (Fsp3) is 0.273. The van der Waals surface area contributed by atoms with Crippen molar-refractivity contribution in [2.45, 2.75) is 19.0 Å². The maximum absolute atomic E-state index is 13.4. The first kappa shape index (κ1) is 20.2. The number of aromatic nitrogens is 2. The molecule has 1 fully saturated rings. The predicted molar refractivity (Wildman–Crippen MR) is 113 cm³/mol. The SMILES string of the molecule is COc1ccc(CN(C(=O)c2ccc(-n3cccn3)cc2)C2CCS(=O)(=O)C2)cc1. The van der Waals surface area contributed by atoms with E-state index in [4.69, 9.17) is 4.74 Å². The summed E-state index contributed by atoms with van der Waals surface area (Å²) in [6.07, 6.45) is 3.97. The van der Waals surface area contributed by atoms with Crippen molar-refractivity contribution < 1.29 is 17.9 Å². The van der Waals surface area contributed by atoms with E-state index < -0.39 is 9.84 Å². The molecule has 2 aromatic carbocycles. The molecule has 1 aromatic heterocycles. The van der Waals surface area contributed by atoms with Gasteiger partial charge in [0.2, 0.25) is 0 Å². The zero-order valence-electron chi connectivity index (χ0n) is 16.6. The van der Waals surface area contributed by atoms with Gasteiger partial charge in [-0.15, -0.1) is 0 Å². The van der Waals surface area contributed by atoms with Gasteiger partial charge in [0, 0.05) is 30.5 Å². The van der Waals surface area contributed by atoms with Crippen molar-refractivity contribution in [2.75, 3.05) is 18.6 Å². The van der Waals surface area contributed by atoms with Crippen molar-refractivity contribution in [1.82, 2.24) is 14.7 Å². The molecule has 30 heavy (non-hydrogen) atoms. The van der Waals surface area contributed by atoms with Gasteiger partial charge in [-0.1, -0.05) is 12.1 Å². The summed E-state index contributed by atoms with van der Waals surface area (Å²) < 4.78 is 31.0. The fourth-order valence-corrected chi connectivity index (χ4v) is 5.39. The number of methoxy groups -OCH3 is 1. The van der Waals surface area contributed by atoms with Gasteiger partial charge < -0.3 is 9.64 Å². The van der Waals surface area contributed by atoms with Gasteiger partial charge in [-0.05, 0) is 54.4 Å². The summed E-state index contributed by atoms with van der Waals surface area (Å²) in [5, 5.41) is 4.19. The van der Waals surface area contributed by atoms with Crippen LogP contribution in [0.4, 0.5) is 0 Å². The van der Waals surface area contributed by atoms with Gasteiger partial charge in [-0.3, -0.25) is 4.79 Å². The lowest BCUT2D eigenvalue weighted by atomic mass is 10.1. The quantitative estimate of drug-likeness (QED) is 0.607. The number of sulfone groups is 1. The lowest BCUT2D eigenvalue weighted by Crippen LogP contribution is -2.40. The molecular formula is C22H23N3O4S. The van der Waals surface area contributed by atoms with E-state index >= 15 is 0 Å². The predicted octanol–water partition coefficient (Wildman–Crippen LogP) is 2.71. The summed E-state index contributed by atoms with van der Waals surface area (Å²) >= 11 is 0. The van der Waals surface area contributed by atoms with Crippen LogP contribution >= 0.6 is 0 Å². The second-order valence-electron chi connectivity index (χ2n) is 7.34. The van der Waals surface area contributed by atoms with Crippen LogP contribution in [0, 0.1) is 0 Å². The number of hydrogen-bond acceptors (Lipinski definition) is 5. The molecule has 7 nitrogen and oxygen atoms in total. The standard InChI is InChI=1S/C22H23N3O4S/c1-29-21-9-3-17(4-10-21)15-24(20-11-14-30(27,28)16-20)22(26)18-5-7-19(8-6-18)25-13-2-12-23-25/h2-10,12-13,20H,11,14-16H2,1H3. The first-order valence-corrected chi connectivity index (χ1v) is 11.5. The van der Waals surface area contributed by atoms with Gasteiger partial charge in [0.25, 0.3) is 5.91 Å². The lowest BCUT2D eigenvalue weighted by Gasteiger charge is -2.28. The molecule has 1 saturated heterocycles. The number of ether oxygens (including phenoxy) is 1. The number of carbonyl (C=O) groups is 1. The van der Waals surface area contributed by atoms with E-state index in [0.29, 0.717) is 18.5 Å². The number of amides is 1. The van der Waals surface area contributed by atoms with Crippen LogP contribution in [0.5, 0.6) is 5.75 Å². The zero-order chi connectivity index (χ0) is 21.1. The van der Waals surface area contributed by atoms with Gasteiger partial charge in [0.15, 0.2) is 9.84 Å². The highest BCUT2D eigenvalue weighted by atomic mass is 32.2. The van der Waals surface area contributed by atoms with Crippen molar-refractivity contribution in [2.24, 2.45) is 0 Å². The normalized spacial score (nSPS) is 17.6. The minimum atomic E-state index is -3.12. The molecule has 8 heteroatoms. The minimum Gasteiger partial charge on any atom is -0.497 e. The van der Waals surface area contributed by atoms with Crippen LogP contribution in [0.1, 0.15) is 22.3 Å². The molecule has 2 heterocycles. The third-order valence-electron chi connectivity index (χ3n) is 5.31. The van der Waals surface area contributed by atoms with Crippen molar-refractivity contribution in [3.05, 3.63) is 78.1 Å². The van der Waals surface area contributed by atoms with Crippen LogP contribution < -0.4 is 4.74 Å². The summed E-state index contributed by atoms with van der Waals surface area (Å²) in [5.41, 5.74) is 2.28. The van der Waals surface area contributed by atoms with Crippen LogP contribution in [0.2, 0.25) is 0 Å². The summed E-state index contributed by atoms with van der Waals surface area (Å²) in [6, 6.07) is 16.1. The molecule has 1 unspecified atom stereocenters. The molecule has 0 N–H and O–H groups in total. The monoisotopic (exact) mass is 425 g/mol. The maximum Gasteiger partial charge on any atom is 0.254 e. The van der Waals surface area contributed by atoms with Crippen molar-refractivity contribution in [3.63, 3.8) is 0 Å². The number of carbonyl (C=O) groups excluding carboxylic acids is 1. The maximum atomic E-state index is 13.4. The summed E-state index contributed by atoms with van der Waals surface area (Å²) in [4.78, 5) is 15.0. The highest BCUT2D eigenvalue weighted by molar-refractivity contribution is 7.91. The molecular weight excluding hydrogens is 402 g/mol. The Kier molecular flexibility index (Phi) is 5.59. The smallest absolute Gasteiger partial charge is 0.254 e. The van der Waals surface area contributed by atoms with Gasteiger partial charge in [0.1, 0.15) is 5.75 Å². The average Bonchev–Trinajstić information content (AvgIpc) is 3.42. The van der Waals surface area contributed by atoms with Gasteiger partial charge in [-0.25, -0.2) is 13.1 Å². The third-order valence-corrected chi connectivity index (χ3v) is 7.06. The average molecular weight is 426 g/mol. The van der Waals surface area contributed by atoms with Gasteiger partial charge >= 0.3 is 0 Å². The fourth-order valence-electron chi connectivity index (χ4n) is 3.66. The van der Waals surface area contributed by atoms with Crippen LogP contribution in [0.3, 0.4) is 0 Å². The molecule has 0 saturated carbocycles. The Morgan fingerprint density at radius 3 is 2.47 bits per heavy atom. The number of rotatable bonds is 6. The molecule has 0 bridgehead atoms. The Balaban J connectivity index is 1.60. The number of benzene rings is 2. The van der Waals surface area contributed by atoms with Gasteiger partial charge in [0.05, 0.1) is 24.3 Å². The van der Waals surface area contributed by atoms with E-state index in [2.05, 4.69) is 5.10 Å². The molecule has 0 spiro atoms. The summed E-state index contributed by atoms with van der Waals surface area (Å²) in [6.45, 7) is 0.337. The Hall–Kier alpha value is -3.13. The molecule has 0 radical (unpaired) electrons. The van der Waals surface area contributed by atoms with E-state index in [9.17, 15) is 13.2 Å². The van der Waals surface area contributed by atoms with Crippen LogP contribution in [0.15, 0.2) is 67.0 Å². The molecule has 156 valence electrons. The van der Waals surface area contributed by atoms with Crippen molar-refractivity contribution >= 4 is 15.7 Å². The third kappa shape index (κ3) is 4.38. The largest absolute Gasteiger partial charge is 0.497 e. The van der Waals surface area contributed by atoms with E-state index in [1.165, 1.54) is 0 Å². The lowest BCUT2D eigenvalue weighted by molar-refractivity contribution is 0.0681. The van der Waals surface area contributed by atoms with E-state index in [1.807, 2.05) is 48.7 Å². The molecule has 0 aliphatic carbocycles. The Labute approximate surface area is 175 Å². The molecule has 3 aromatic rings. The first-order chi connectivity index (χ1) is 14.4. The summed E-state index contributed by atoms with van der Waals surface area (Å²) in [5.74, 6) is 0.664. The second-order valence-corrected chi connectivity index (χ2v) is 9.56. The van der Waals surface area contributed by atoms with E-state index in [1.54, 1.807) is 35.0 Å². The number of hydrogen-bond donors (Lipinski definition) is 0. The first-order valence-electron chi connectivity index (χ1n) is 9.69. The summed E-state index contributed by atoms with van der Waals surface area (Å²) in [7, 11) is -1.52. The Bertz CT molecular complexity index is 1110. The second kappa shape index (κ2) is 8.31. The van der Waals surface area contributed by atoms with Crippen LogP contribution in [-0.2, 0) is 16.4 Å². The van der Waals surface area contributed by atoms with Crippen LogP contribution in [-0.4, -0.2) is 53.7 Å². The van der Waals surface area contributed by atoms with E-state index in [0.717, 1.165) is 17.0 Å². The Morgan fingerprint density at radius 1 is 1.17 bits per heavy atom. The minimum absolute atomic E-state index is 0.000263. The van der Waals surface area contributed by atoms with Crippen LogP contribution in [0.25, 0.3) is 5.69 Å². The topological polar surface area (TPSA) is 81.5 Å². The van der Waals surface area contributed by atoms with Crippen molar-refractivity contribution in [1.29, 1.82) is 0 Å². The highest BCUT2D eigenvalue weighted by Crippen LogP contribution is 2.23. The molecule has 1 aliphatic heterocycles. The van der Waals surface area contributed by atoms with E-state index in [-0.39, 0.29) is 23.5 Å². The van der Waals surface area contributed by atoms with Crippen molar-refractivity contribution in [3.8, 4) is 11.4 Å². The highest BCUT2D eigenvalue weighted by Gasteiger charge is 2.35. The zero-order valence-corrected chi connectivity index (χ0v) is 17.5. The Morgan fingerprint density at radius 2 is 1.90 bits per heavy atom. The number of nitrogens with zero attached hydrogens (tertiary/aromatic N) is 3. The molecule has 1 aliphatic rings. The molecule has 4 rings (SSSR count).